The monoisotopic (exact) mass is 404 g/mol. The van der Waals surface area contributed by atoms with E-state index in [1.165, 1.54) is 18.1 Å². The standard InChI is InChI=1S/C22H24N6O2/c1-28(21-6-9-24-14-26-21)19-12-20(25-13-18(19)22(23)29)27-17-4-2-15(3-5-17)16-7-10-30-11-8-16/h2-6,9,12-14,16H,7-8,10-11H2,1H3,(H2,23,29)(H,25,27). The molecule has 0 bridgehead atoms. The van der Waals surface area contributed by atoms with Gasteiger partial charge in [0.25, 0.3) is 5.91 Å². The fourth-order valence-corrected chi connectivity index (χ4v) is 3.60. The average molecular weight is 404 g/mol. The number of rotatable bonds is 6. The molecule has 4 rings (SSSR count). The summed E-state index contributed by atoms with van der Waals surface area (Å²) in [5.41, 5.74) is 8.72. The van der Waals surface area contributed by atoms with Crippen LogP contribution in [-0.4, -0.2) is 41.1 Å². The SMILES string of the molecule is CN(c1ccncn1)c1cc(Nc2ccc(C3CCOCC3)cc2)ncc1C(N)=O. The van der Waals surface area contributed by atoms with Gasteiger partial charge in [-0.05, 0) is 42.5 Å². The van der Waals surface area contributed by atoms with Crippen molar-refractivity contribution < 1.29 is 9.53 Å². The summed E-state index contributed by atoms with van der Waals surface area (Å²) in [6.45, 7) is 1.65. The van der Waals surface area contributed by atoms with Crippen LogP contribution in [0.1, 0.15) is 34.7 Å². The van der Waals surface area contributed by atoms with Gasteiger partial charge in [0.15, 0.2) is 0 Å². The molecule has 3 N–H and O–H groups in total. The van der Waals surface area contributed by atoms with Crippen molar-refractivity contribution in [3.63, 3.8) is 0 Å². The molecule has 8 heteroatoms. The summed E-state index contributed by atoms with van der Waals surface area (Å²) in [5, 5.41) is 3.30. The Labute approximate surface area is 175 Å². The third-order valence-electron chi connectivity index (χ3n) is 5.29. The summed E-state index contributed by atoms with van der Waals surface area (Å²) in [5.74, 6) is 1.25. The molecule has 2 aromatic heterocycles. The Balaban J connectivity index is 1.56. The van der Waals surface area contributed by atoms with Crippen molar-refractivity contribution in [2.45, 2.75) is 18.8 Å². The van der Waals surface area contributed by atoms with Gasteiger partial charge in [-0.15, -0.1) is 0 Å². The number of ether oxygens (including phenoxy) is 1. The minimum Gasteiger partial charge on any atom is -0.381 e. The number of nitrogens with one attached hydrogen (secondary N) is 1. The number of pyridine rings is 1. The van der Waals surface area contributed by atoms with Crippen LogP contribution in [0.5, 0.6) is 0 Å². The van der Waals surface area contributed by atoms with E-state index in [1.807, 2.05) is 19.2 Å². The van der Waals surface area contributed by atoms with Crippen molar-refractivity contribution in [3.8, 4) is 0 Å². The fourth-order valence-electron chi connectivity index (χ4n) is 3.60. The van der Waals surface area contributed by atoms with E-state index in [1.54, 1.807) is 23.2 Å². The maximum absolute atomic E-state index is 11.9. The summed E-state index contributed by atoms with van der Waals surface area (Å²) < 4.78 is 5.45. The van der Waals surface area contributed by atoms with Crippen LogP contribution in [0.4, 0.5) is 23.0 Å². The molecule has 0 radical (unpaired) electrons. The summed E-state index contributed by atoms with van der Waals surface area (Å²) >= 11 is 0. The fraction of sp³-hybridized carbons (Fsp3) is 0.273. The number of hydrogen-bond acceptors (Lipinski definition) is 7. The van der Waals surface area contributed by atoms with E-state index in [4.69, 9.17) is 10.5 Å². The van der Waals surface area contributed by atoms with Crippen molar-refractivity contribution in [2.24, 2.45) is 5.73 Å². The number of anilines is 4. The molecule has 8 nitrogen and oxygen atoms in total. The second-order valence-corrected chi connectivity index (χ2v) is 7.21. The molecule has 1 aromatic carbocycles. The highest BCUT2D eigenvalue weighted by Gasteiger charge is 2.17. The highest BCUT2D eigenvalue weighted by molar-refractivity contribution is 5.99. The van der Waals surface area contributed by atoms with E-state index in [2.05, 4.69) is 32.4 Å². The van der Waals surface area contributed by atoms with Crippen LogP contribution in [-0.2, 0) is 4.74 Å². The molecule has 0 saturated carbocycles. The zero-order valence-corrected chi connectivity index (χ0v) is 16.8. The van der Waals surface area contributed by atoms with Crippen molar-refractivity contribution in [1.82, 2.24) is 15.0 Å². The highest BCUT2D eigenvalue weighted by Crippen LogP contribution is 2.30. The van der Waals surface area contributed by atoms with Gasteiger partial charge in [0.2, 0.25) is 0 Å². The van der Waals surface area contributed by atoms with Crippen LogP contribution in [0.3, 0.4) is 0 Å². The number of carbonyl (C=O) groups is 1. The predicted molar refractivity (Wildman–Crippen MR) is 115 cm³/mol. The molecular formula is C22H24N6O2. The second kappa shape index (κ2) is 8.87. The molecule has 1 saturated heterocycles. The van der Waals surface area contributed by atoms with Crippen LogP contribution < -0.4 is 16.0 Å². The summed E-state index contributed by atoms with van der Waals surface area (Å²) in [7, 11) is 1.82. The van der Waals surface area contributed by atoms with Gasteiger partial charge in [0.05, 0.1) is 11.3 Å². The van der Waals surface area contributed by atoms with Crippen LogP contribution in [0.15, 0.2) is 55.1 Å². The smallest absolute Gasteiger partial charge is 0.252 e. The molecule has 1 fully saturated rings. The Morgan fingerprint density at radius 1 is 1.17 bits per heavy atom. The topological polar surface area (TPSA) is 106 Å². The summed E-state index contributed by atoms with van der Waals surface area (Å²) in [6.07, 6.45) is 6.69. The van der Waals surface area contributed by atoms with Gasteiger partial charge in [-0.2, -0.15) is 0 Å². The number of aromatic nitrogens is 3. The molecule has 1 amide bonds. The lowest BCUT2D eigenvalue weighted by Crippen LogP contribution is -2.20. The van der Waals surface area contributed by atoms with E-state index in [0.29, 0.717) is 28.8 Å². The Hall–Kier alpha value is -3.52. The zero-order valence-electron chi connectivity index (χ0n) is 16.8. The largest absolute Gasteiger partial charge is 0.381 e. The maximum Gasteiger partial charge on any atom is 0.252 e. The molecule has 0 spiro atoms. The number of benzene rings is 1. The molecular weight excluding hydrogens is 380 g/mol. The Kier molecular flexibility index (Phi) is 5.85. The minimum atomic E-state index is -0.550. The van der Waals surface area contributed by atoms with Gasteiger partial charge in [-0.1, -0.05) is 12.1 Å². The van der Waals surface area contributed by atoms with Gasteiger partial charge in [0.1, 0.15) is 18.0 Å². The van der Waals surface area contributed by atoms with Crippen LogP contribution in [0, 0.1) is 0 Å². The van der Waals surface area contributed by atoms with E-state index in [-0.39, 0.29) is 0 Å². The molecule has 3 heterocycles. The van der Waals surface area contributed by atoms with Crippen LogP contribution in [0.2, 0.25) is 0 Å². The number of nitrogens with two attached hydrogens (primary N) is 1. The van der Waals surface area contributed by atoms with Crippen LogP contribution >= 0.6 is 0 Å². The average Bonchev–Trinajstić information content (AvgIpc) is 2.80. The minimum absolute atomic E-state index is 0.316. The second-order valence-electron chi connectivity index (χ2n) is 7.21. The first-order valence-corrected chi connectivity index (χ1v) is 9.86. The number of carbonyl (C=O) groups excluding carboxylic acids is 1. The first-order valence-electron chi connectivity index (χ1n) is 9.86. The summed E-state index contributed by atoms with van der Waals surface area (Å²) in [6, 6.07) is 11.9. The van der Waals surface area contributed by atoms with E-state index < -0.39 is 5.91 Å². The van der Waals surface area contributed by atoms with Gasteiger partial charge in [0, 0.05) is 44.4 Å². The van der Waals surface area contributed by atoms with E-state index in [9.17, 15) is 4.79 Å². The molecule has 1 aliphatic heterocycles. The van der Waals surface area contributed by atoms with Crippen LogP contribution in [0.25, 0.3) is 0 Å². The molecule has 154 valence electrons. The molecule has 1 aliphatic rings. The van der Waals surface area contributed by atoms with Gasteiger partial charge in [-0.3, -0.25) is 4.79 Å². The van der Waals surface area contributed by atoms with Crippen molar-refractivity contribution >= 4 is 28.9 Å². The number of nitrogens with zero attached hydrogens (tertiary/aromatic N) is 4. The molecule has 0 atom stereocenters. The highest BCUT2D eigenvalue weighted by atomic mass is 16.5. The van der Waals surface area contributed by atoms with E-state index >= 15 is 0 Å². The first-order chi connectivity index (χ1) is 14.6. The molecule has 3 aromatic rings. The molecule has 0 unspecified atom stereocenters. The lowest BCUT2D eigenvalue weighted by Gasteiger charge is -2.23. The lowest BCUT2D eigenvalue weighted by molar-refractivity contribution is 0.0853. The molecule has 30 heavy (non-hydrogen) atoms. The van der Waals surface area contributed by atoms with E-state index in [0.717, 1.165) is 31.7 Å². The van der Waals surface area contributed by atoms with Gasteiger partial charge in [-0.25, -0.2) is 15.0 Å². The number of primary amides is 1. The van der Waals surface area contributed by atoms with Crippen molar-refractivity contribution in [2.75, 3.05) is 30.5 Å². The normalized spacial score (nSPS) is 14.3. The van der Waals surface area contributed by atoms with Gasteiger partial charge >= 0.3 is 0 Å². The Morgan fingerprint density at radius 2 is 1.93 bits per heavy atom. The zero-order chi connectivity index (χ0) is 20.9. The quantitative estimate of drug-likeness (QED) is 0.649. The Bertz CT molecular complexity index is 1000. The third kappa shape index (κ3) is 4.38. The maximum atomic E-state index is 11.9. The van der Waals surface area contributed by atoms with Crippen molar-refractivity contribution in [1.29, 1.82) is 0 Å². The number of hydrogen-bond donors (Lipinski definition) is 2. The number of amides is 1. The third-order valence-corrected chi connectivity index (χ3v) is 5.29. The lowest BCUT2D eigenvalue weighted by atomic mass is 9.92. The summed E-state index contributed by atoms with van der Waals surface area (Å²) in [4.78, 5) is 26.2. The predicted octanol–water partition coefficient (Wildman–Crippen LogP) is 3.38. The first kappa shape index (κ1) is 19.8. The molecule has 0 aliphatic carbocycles. The Morgan fingerprint density at radius 3 is 2.60 bits per heavy atom. The van der Waals surface area contributed by atoms with Crippen molar-refractivity contribution in [3.05, 3.63) is 66.2 Å². The van der Waals surface area contributed by atoms with Gasteiger partial charge < -0.3 is 20.7 Å².